The summed E-state index contributed by atoms with van der Waals surface area (Å²) in [6, 6.07) is 0. The molecule has 0 aromatic rings. The molecule has 2 fully saturated rings. The topological polar surface area (TPSA) is 26.3 Å². The normalized spacial score (nSPS) is 33.5. The summed E-state index contributed by atoms with van der Waals surface area (Å²) < 4.78 is 39.8. The summed E-state index contributed by atoms with van der Waals surface area (Å²) in [5.74, 6) is 0.538. The zero-order valence-corrected chi connectivity index (χ0v) is 13.3. The molecule has 0 unspecified atom stereocenters. The van der Waals surface area contributed by atoms with Crippen LogP contribution in [0.4, 0.5) is 13.2 Å². The fraction of sp³-hybridized carbons (Fsp3) is 0.941. The molecule has 2 saturated carbocycles. The predicted molar refractivity (Wildman–Crippen MR) is 78.0 cm³/mol. The number of carbonyl (C=O) groups is 1. The lowest BCUT2D eigenvalue weighted by Crippen LogP contribution is -2.31. The van der Waals surface area contributed by atoms with E-state index in [2.05, 4.69) is 11.7 Å². The van der Waals surface area contributed by atoms with Crippen LogP contribution in [-0.2, 0) is 9.53 Å². The average Bonchev–Trinajstić information content (AvgIpc) is 2.47. The Hall–Kier alpha value is -0.740. The molecule has 2 nitrogen and oxygen atoms in total. The van der Waals surface area contributed by atoms with Gasteiger partial charge in [-0.2, -0.15) is 0 Å². The summed E-state index contributed by atoms with van der Waals surface area (Å²) in [4.78, 5) is 11.5. The van der Waals surface area contributed by atoms with Gasteiger partial charge in [0.05, 0.1) is 5.92 Å². The fourth-order valence-electron chi connectivity index (χ4n) is 4.38. The van der Waals surface area contributed by atoms with Crippen LogP contribution in [0.15, 0.2) is 0 Å². The van der Waals surface area contributed by atoms with E-state index in [1.165, 1.54) is 38.5 Å². The van der Waals surface area contributed by atoms with E-state index >= 15 is 0 Å². The number of alkyl halides is 3. The van der Waals surface area contributed by atoms with Gasteiger partial charge in [-0.15, -0.1) is 13.2 Å². The van der Waals surface area contributed by atoms with Gasteiger partial charge in [-0.25, -0.2) is 0 Å². The summed E-state index contributed by atoms with van der Waals surface area (Å²) in [6.07, 6.45) is 5.70. The third-order valence-electron chi connectivity index (χ3n) is 5.58. The number of carbonyl (C=O) groups excluding carboxylic acids is 1. The van der Waals surface area contributed by atoms with Crippen LogP contribution in [0.2, 0.25) is 0 Å². The molecule has 0 saturated heterocycles. The molecule has 0 radical (unpaired) electrons. The van der Waals surface area contributed by atoms with Crippen molar-refractivity contribution in [1.29, 1.82) is 0 Å². The zero-order valence-electron chi connectivity index (χ0n) is 13.3. The first-order chi connectivity index (χ1) is 10.4. The maximum atomic E-state index is 12.1. The first-order valence-electron chi connectivity index (χ1n) is 8.68. The summed E-state index contributed by atoms with van der Waals surface area (Å²) in [5.41, 5.74) is 0. The molecule has 0 aromatic heterocycles. The van der Waals surface area contributed by atoms with Gasteiger partial charge < -0.3 is 4.74 Å². The van der Waals surface area contributed by atoms with E-state index in [0.29, 0.717) is 24.7 Å². The van der Waals surface area contributed by atoms with Crippen LogP contribution in [0.5, 0.6) is 0 Å². The molecule has 0 N–H and O–H groups in total. The van der Waals surface area contributed by atoms with Gasteiger partial charge in [0.1, 0.15) is 0 Å². The molecule has 2 aliphatic rings. The van der Waals surface area contributed by atoms with Crippen LogP contribution in [0.1, 0.15) is 71.1 Å². The Labute approximate surface area is 130 Å². The molecule has 0 spiro atoms. The van der Waals surface area contributed by atoms with E-state index in [1.54, 1.807) is 0 Å². The quantitative estimate of drug-likeness (QED) is 0.643. The summed E-state index contributed by atoms with van der Waals surface area (Å²) in [6.45, 7) is 2.23. The second-order valence-electron chi connectivity index (χ2n) is 7.05. The van der Waals surface area contributed by atoms with Crippen molar-refractivity contribution < 1.29 is 22.7 Å². The molecule has 0 aromatic carbocycles. The summed E-state index contributed by atoms with van der Waals surface area (Å²) in [7, 11) is 0. The minimum atomic E-state index is -4.84. The van der Waals surface area contributed by atoms with E-state index in [-0.39, 0.29) is 0 Å². The smallest absolute Gasteiger partial charge is 0.373 e. The first kappa shape index (κ1) is 17.6. The van der Waals surface area contributed by atoms with Crippen molar-refractivity contribution in [2.45, 2.75) is 77.5 Å². The first-order valence-corrected chi connectivity index (χ1v) is 8.68. The lowest BCUT2D eigenvalue weighted by Gasteiger charge is -2.37. The maximum Gasteiger partial charge on any atom is 0.575 e. The third-order valence-corrected chi connectivity index (χ3v) is 5.58. The third kappa shape index (κ3) is 5.17. The van der Waals surface area contributed by atoms with Crippen LogP contribution < -0.4 is 0 Å². The van der Waals surface area contributed by atoms with Gasteiger partial charge in [-0.1, -0.05) is 32.6 Å². The fourth-order valence-corrected chi connectivity index (χ4v) is 4.38. The number of ether oxygens (including phenoxy) is 1. The molecule has 0 atom stereocenters. The van der Waals surface area contributed by atoms with Crippen molar-refractivity contribution in [2.24, 2.45) is 23.7 Å². The van der Waals surface area contributed by atoms with E-state index in [4.69, 9.17) is 0 Å². The number of rotatable bonds is 4. The van der Waals surface area contributed by atoms with Gasteiger partial charge in [0.2, 0.25) is 0 Å². The Balaban J connectivity index is 1.72. The highest BCUT2D eigenvalue weighted by molar-refractivity contribution is 5.72. The zero-order chi connectivity index (χ0) is 16.2. The molecule has 5 heteroatoms. The van der Waals surface area contributed by atoms with E-state index < -0.39 is 18.2 Å². The van der Waals surface area contributed by atoms with Crippen molar-refractivity contribution in [3.05, 3.63) is 0 Å². The van der Waals surface area contributed by atoms with Crippen molar-refractivity contribution >= 4 is 5.97 Å². The van der Waals surface area contributed by atoms with Gasteiger partial charge >= 0.3 is 12.3 Å². The van der Waals surface area contributed by atoms with Gasteiger partial charge in [0, 0.05) is 0 Å². The lowest BCUT2D eigenvalue weighted by molar-refractivity contribution is -0.308. The van der Waals surface area contributed by atoms with Gasteiger partial charge in [0.15, 0.2) is 0 Å². The molecule has 128 valence electrons. The Morgan fingerprint density at radius 3 is 1.91 bits per heavy atom. The van der Waals surface area contributed by atoms with Crippen LogP contribution >= 0.6 is 0 Å². The minimum absolute atomic E-state index is 0.550. The molecular formula is C17H27F3O2. The highest BCUT2D eigenvalue weighted by Crippen LogP contribution is 2.42. The molecule has 0 heterocycles. The largest absolute Gasteiger partial charge is 0.575 e. The predicted octanol–water partition coefficient (Wildman–Crippen LogP) is 5.46. The van der Waals surface area contributed by atoms with Gasteiger partial charge in [0.25, 0.3) is 0 Å². The number of hydrogen-bond donors (Lipinski definition) is 0. The number of halogens is 3. The minimum Gasteiger partial charge on any atom is -0.373 e. The Kier molecular flexibility index (Phi) is 6.16. The van der Waals surface area contributed by atoms with Crippen LogP contribution in [0.25, 0.3) is 0 Å². The molecule has 22 heavy (non-hydrogen) atoms. The van der Waals surface area contributed by atoms with Gasteiger partial charge in [-0.3, -0.25) is 4.79 Å². The SMILES string of the molecule is CCC[C@H]1CC[C@H]([C@H]2CC[C@H](C(=O)OC(F)(F)F)CC2)CC1. The Morgan fingerprint density at radius 1 is 0.955 bits per heavy atom. The summed E-state index contributed by atoms with van der Waals surface area (Å²) >= 11 is 0. The highest BCUT2D eigenvalue weighted by Gasteiger charge is 2.39. The van der Waals surface area contributed by atoms with Crippen LogP contribution in [-0.4, -0.2) is 12.3 Å². The van der Waals surface area contributed by atoms with E-state index in [9.17, 15) is 18.0 Å². The van der Waals surface area contributed by atoms with Crippen molar-refractivity contribution in [3.8, 4) is 0 Å². The van der Waals surface area contributed by atoms with Crippen molar-refractivity contribution in [2.75, 3.05) is 0 Å². The van der Waals surface area contributed by atoms with Gasteiger partial charge in [-0.05, 0) is 56.3 Å². The standard InChI is InChI=1S/C17H27F3O2/c1-2-3-12-4-6-13(7-5-12)14-8-10-15(11-9-14)16(21)22-17(18,19)20/h12-15H,2-11H2,1H3/t12-,13-,14-,15-. The maximum absolute atomic E-state index is 12.1. The Bertz CT molecular complexity index is 351. The Morgan fingerprint density at radius 2 is 1.45 bits per heavy atom. The second kappa shape index (κ2) is 7.69. The molecule has 0 bridgehead atoms. The molecule has 2 aliphatic carbocycles. The van der Waals surface area contributed by atoms with Crippen molar-refractivity contribution in [1.82, 2.24) is 0 Å². The second-order valence-corrected chi connectivity index (χ2v) is 7.05. The highest BCUT2D eigenvalue weighted by atomic mass is 19.4. The molecule has 2 rings (SSSR count). The molecular weight excluding hydrogens is 293 g/mol. The monoisotopic (exact) mass is 320 g/mol. The van der Waals surface area contributed by atoms with E-state index in [1.807, 2.05) is 0 Å². The lowest BCUT2D eigenvalue weighted by atomic mass is 9.69. The molecule has 0 aliphatic heterocycles. The average molecular weight is 320 g/mol. The van der Waals surface area contributed by atoms with E-state index in [0.717, 1.165) is 18.8 Å². The number of esters is 1. The summed E-state index contributed by atoms with van der Waals surface area (Å²) in [5, 5.41) is 0. The van der Waals surface area contributed by atoms with Crippen molar-refractivity contribution in [3.63, 3.8) is 0 Å². The molecule has 0 amide bonds. The van der Waals surface area contributed by atoms with Crippen LogP contribution in [0.3, 0.4) is 0 Å². The number of hydrogen-bond acceptors (Lipinski definition) is 2. The van der Waals surface area contributed by atoms with Crippen LogP contribution in [0, 0.1) is 23.7 Å².